The molecule has 0 saturated heterocycles. The molecule has 0 saturated carbocycles. The zero-order valence-corrected chi connectivity index (χ0v) is 16.6. The molecular formula is C21H19FN4O5. The van der Waals surface area contributed by atoms with Crippen LogP contribution < -0.4 is 11.3 Å². The standard InChI is InChI=1S/C21H19FN4O5/c1-25(10-13-6-8-14(22)9-7-13)17(27)12-31-18(28)11-26-21(30)16-5-3-2-4-15(16)19(24-26)20(23)29/h2-9H,10-12H2,1H3,(H2,23,29). The Morgan fingerprint density at radius 2 is 1.74 bits per heavy atom. The predicted molar refractivity (Wildman–Crippen MR) is 108 cm³/mol. The Morgan fingerprint density at radius 3 is 2.39 bits per heavy atom. The topological polar surface area (TPSA) is 125 Å². The van der Waals surface area contributed by atoms with Gasteiger partial charge >= 0.3 is 5.97 Å². The number of aromatic nitrogens is 2. The van der Waals surface area contributed by atoms with Crippen molar-refractivity contribution >= 4 is 28.6 Å². The predicted octanol–water partition coefficient (Wildman–Crippen LogP) is 0.836. The second-order valence-corrected chi connectivity index (χ2v) is 6.76. The maximum atomic E-state index is 13.0. The molecule has 0 aliphatic rings. The number of ether oxygens (including phenoxy) is 1. The Labute approximate surface area is 175 Å². The Bertz CT molecular complexity index is 1210. The number of likely N-dealkylation sites (N-methyl/N-ethyl adjacent to an activating group) is 1. The second kappa shape index (κ2) is 9.16. The van der Waals surface area contributed by atoms with Crippen molar-refractivity contribution in [1.29, 1.82) is 0 Å². The molecule has 0 aliphatic heterocycles. The third kappa shape index (κ3) is 5.10. The van der Waals surface area contributed by atoms with E-state index in [2.05, 4.69) is 5.10 Å². The molecule has 1 heterocycles. The molecule has 9 nitrogen and oxygen atoms in total. The lowest BCUT2D eigenvalue weighted by Crippen LogP contribution is -2.34. The van der Waals surface area contributed by atoms with Crippen molar-refractivity contribution in [3.8, 4) is 0 Å². The molecule has 2 aromatic carbocycles. The van der Waals surface area contributed by atoms with Gasteiger partial charge in [-0.05, 0) is 23.8 Å². The van der Waals surface area contributed by atoms with Crippen LogP contribution in [0.15, 0.2) is 53.3 Å². The number of fused-ring (bicyclic) bond motifs is 1. The van der Waals surface area contributed by atoms with E-state index >= 15 is 0 Å². The van der Waals surface area contributed by atoms with E-state index < -0.39 is 36.5 Å². The third-order valence-electron chi connectivity index (χ3n) is 4.50. The van der Waals surface area contributed by atoms with Crippen LogP contribution in [0.25, 0.3) is 10.8 Å². The summed E-state index contributed by atoms with van der Waals surface area (Å²) in [5.41, 5.74) is 5.28. The average molecular weight is 426 g/mol. The Kier molecular flexibility index (Phi) is 6.39. The maximum Gasteiger partial charge on any atom is 0.328 e. The number of amides is 2. The summed E-state index contributed by atoms with van der Waals surface area (Å²) in [5, 5.41) is 4.32. The maximum absolute atomic E-state index is 13.0. The molecule has 2 amide bonds. The monoisotopic (exact) mass is 426 g/mol. The lowest BCUT2D eigenvalue weighted by Gasteiger charge is -2.17. The van der Waals surface area contributed by atoms with Crippen molar-refractivity contribution in [3.63, 3.8) is 0 Å². The first kappa shape index (κ1) is 21.6. The van der Waals surface area contributed by atoms with E-state index in [4.69, 9.17) is 10.5 Å². The van der Waals surface area contributed by atoms with E-state index in [0.717, 1.165) is 4.68 Å². The van der Waals surface area contributed by atoms with Crippen LogP contribution in [-0.2, 0) is 27.4 Å². The first-order chi connectivity index (χ1) is 14.8. The largest absolute Gasteiger partial charge is 0.454 e. The van der Waals surface area contributed by atoms with E-state index in [1.165, 1.54) is 36.2 Å². The third-order valence-corrected chi connectivity index (χ3v) is 4.50. The van der Waals surface area contributed by atoms with Crippen LogP contribution in [0.4, 0.5) is 4.39 Å². The van der Waals surface area contributed by atoms with Gasteiger partial charge in [0.05, 0.1) is 5.39 Å². The molecule has 31 heavy (non-hydrogen) atoms. The number of nitrogens with two attached hydrogens (primary N) is 1. The van der Waals surface area contributed by atoms with Crippen molar-refractivity contribution in [3.05, 3.63) is 76.0 Å². The van der Waals surface area contributed by atoms with Crippen molar-refractivity contribution in [2.75, 3.05) is 13.7 Å². The number of carbonyl (C=O) groups excluding carboxylic acids is 3. The molecule has 3 rings (SSSR count). The minimum atomic E-state index is -0.885. The number of primary amides is 1. The fraction of sp³-hybridized carbons (Fsp3) is 0.190. The van der Waals surface area contributed by atoms with E-state index in [9.17, 15) is 23.6 Å². The van der Waals surface area contributed by atoms with Gasteiger partial charge in [0.15, 0.2) is 12.3 Å². The van der Waals surface area contributed by atoms with Gasteiger partial charge in [-0.2, -0.15) is 5.10 Å². The van der Waals surface area contributed by atoms with Gasteiger partial charge in [0.1, 0.15) is 12.4 Å². The average Bonchev–Trinajstić information content (AvgIpc) is 2.75. The van der Waals surface area contributed by atoms with E-state index in [0.29, 0.717) is 5.56 Å². The van der Waals surface area contributed by atoms with Crippen molar-refractivity contribution in [2.45, 2.75) is 13.1 Å². The summed E-state index contributed by atoms with van der Waals surface area (Å²) < 4.78 is 18.7. The number of esters is 1. The molecule has 0 unspecified atom stereocenters. The van der Waals surface area contributed by atoms with Crippen molar-refractivity contribution < 1.29 is 23.5 Å². The Hall–Kier alpha value is -4.08. The zero-order chi connectivity index (χ0) is 22.5. The van der Waals surface area contributed by atoms with Crippen molar-refractivity contribution in [2.24, 2.45) is 5.73 Å². The molecule has 0 fully saturated rings. The molecule has 0 spiro atoms. The number of hydrogen-bond donors (Lipinski definition) is 1. The quantitative estimate of drug-likeness (QED) is 0.558. The van der Waals surface area contributed by atoms with Crippen LogP contribution in [-0.4, -0.2) is 46.1 Å². The molecule has 0 radical (unpaired) electrons. The van der Waals surface area contributed by atoms with Gasteiger partial charge in [-0.1, -0.05) is 30.3 Å². The van der Waals surface area contributed by atoms with Crippen molar-refractivity contribution in [1.82, 2.24) is 14.7 Å². The first-order valence-corrected chi connectivity index (χ1v) is 9.20. The van der Waals surface area contributed by atoms with Gasteiger partial charge in [-0.25, -0.2) is 9.07 Å². The van der Waals surface area contributed by atoms with Crippen LogP contribution in [0.3, 0.4) is 0 Å². The van der Waals surface area contributed by atoms with Gasteiger partial charge < -0.3 is 15.4 Å². The van der Waals surface area contributed by atoms with Crippen LogP contribution in [0.5, 0.6) is 0 Å². The van der Waals surface area contributed by atoms with E-state index in [1.54, 1.807) is 24.3 Å². The minimum Gasteiger partial charge on any atom is -0.454 e. The lowest BCUT2D eigenvalue weighted by molar-refractivity contribution is -0.152. The number of carbonyl (C=O) groups is 3. The van der Waals surface area contributed by atoms with Crippen LogP contribution >= 0.6 is 0 Å². The Morgan fingerprint density at radius 1 is 1.10 bits per heavy atom. The second-order valence-electron chi connectivity index (χ2n) is 6.76. The molecular weight excluding hydrogens is 407 g/mol. The fourth-order valence-corrected chi connectivity index (χ4v) is 2.90. The molecule has 0 bridgehead atoms. The first-order valence-electron chi connectivity index (χ1n) is 9.20. The van der Waals surface area contributed by atoms with Crippen LogP contribution in [0, 0.1) is 5.82 Å². The summed E-state index contributed by atoms with van der Waals surface area (Å²) in [7, 11) is 1.51. The molecule has 160 valence electrons. The summed E-state index contributed by atoms with van der Waals surface area (Å²) in [5.74, 6) is -2.61. The number of halogens is 1. The molecule has 2 N–H and O–H groups in total. The number of rotatable bonds is 7. The fourth-order valence-electron chi connectivity index (χ4n) is 2.90. The highest BCUT2D eigenvalue weighted by Gasteiger charge is 2.18. The van der Waals surface area contributed by atoms with E-state index in [-0.39, 0.29) is 28.8 Å². The highest BCUT2D eigenvalue weighted by atomic mass is 19.1. The number of hydrogen-bond acceptors (Lipinski definition) is 6. The SMILES string of the molecule is CN(Cc1ccc(F)cc1)C(=O)COC(=O)Cn1nc(C(N)=O)c2ccccc2c1=O. The normalized spacial score (nSPS) is 10.6. The highest BCUT2D eigenvalue weighted by molar-refractivity contribution is 6.04. The van der Waals surface area contributed by atoms with Gasteiger partial charge in [0, 0.05) is 19.0 Å². The smallest absolute Gasteiger partial charge is 0.328 e. The number of benzene rings is 2. The zero-order valence-electron chi connectivity index (χ0n) is 16.6. The highest BCUT2D eigenvalue weighted by Crippen LogP contribution is 2.12. The molecule has 0 aliphatic carbocycles. The lowest BCUT2D eigenvalue weighted by atomic mass is 10.1. The molecule has 10 heteroatoms. The van der Waals surface area contributed by atoms with E-state index in [1.807, 2.05) is 0 Å². The van der Waals surface area contributed by atoms with Crippen LogP contribution in [0.1, 0.15) is 16.1 Å². The summed E-state index contributed by atoms with van der Waals surface area (Å²) in [4.78, 5) is 49.9. The van der Waals surface area contributed by atoms with Gasteiger partial charge in [0.25, 0.3) is 17.4 Å². The Balaban J connectivity index is 1.65. The summed E-state index contributed by atoms with van der Waals surface area (Å²) in [6.45, 7) is -0.954. The van der Waals surface area contributed by atoms with Gasteiger partial charge in [-0.15, -0.1) is 0 Å². The molecule has 0 atom stereocenters. The summed E-state index contributed by atoms with van der Waals surface area (Å²) >= 11 is 0. The van der Waals surface area contributed by atoms with Gasteiger partial charge in [-0.3, -0.25) is 19.2 Å². The van der Waals surface area contributed by atoms with Crippen LogP contribution in [0.2, 0.25) is 0 Å². The summed E-state index contributed by atoms with van der Waals surface area (Å²) in [6, 6.07) is 11.9. The molecule has 1 aromatic heterocycles. The molecule has 3 aromatic rings. The van der Waals surface area contributed by atoms with Gasteiger partial charge in [0.2, 0.25) is 0 Å². The minimum absolute atomic E-state index is 0.155. The summed E-state index contributed by atoms with van der Waals surface area (Å²) in [6.07, 6.45) is 0. The number of nitrogens with zero attached hydrogens (tertiary/aromatic N) is 3.